The number of piperidine rings is 1. The van der Waals surface area contributed by atoms with E-state index < -0.39 is 11.9 Å². The summed E-state index contributed by atoms with van der Waals surface area (Å²) in [6.45, 7) is 1.97. The molecule has 19 heavy (non-hydrogen) atoms. The van der Waals surface area contributed by atoms with Gasteiger partial charge in [-0.05, 0) is 44.7 Å². The van der Waals surface area contributed by atoms with E-state index in [4.69, 9.17) is 0 Å². The summed E-state index contributed by atoms with van der Waals surface area (Å²) in [5.41, 5.74) is 0. The third-order valence-corrected chi connectivity index (χ3v) is 4.36. The molecule has 2 fully saturated rings. The van der Waals surface area contributed by atoms with E-state index in [0.29, 0.717) is 18.8 Å². The fraction of sp³-hybridized carbons (Fsp3) is 0.857. The summed E-state index contributed by atoms with van der Waals surface area (Å²) in [6, 6.07) is -0.166. The zero-order valence-corrected chi connectivity index (χ0v) is 11.4. The maximum Gasteiger partial charge on any atom is 0.308 e. The number of rotatable bonds is 4. The second-order valence-corrected chi connectivity index (χ2v) is 5.80. The molecule has 2 atom stereocenters. The monoisotopic (exact) mass is 268 g/mol. The van der Waals surface area contributed by atoms with Crippen molar-refractivity contribution in [2.24, 2.45) is 11.8 Å². The summed E-state index contributed by atoms with van der Waals surface area (Å²) < 4.78 is 0. The predicted molar refractivity (Wildman–Crippen MR) is 71.7 cm³/mol. The largest absolute Gasteiger partial charge is 0.481 e. The van der Waals surface area contributed by atoms with Crippen LogP contribution in [0.1, 0.15) is 44.9 Å². The summed E-state index contributed by atoms with van der Waals surface area (Å²) in [5.74, 6) is -0.684. The van der Waals surface area contributed by atoms with Gasteiger partial charge in [0.1, 0.15) is 0 Å². The zero-order valence-electron chi connectivity index (χ0n) is 11.4. The number of carbonyl (C=O) groups is 2. The Morgan fingerprint density at radius 3 is 2.47 bits per heavy atom. The third-order valence-electron chi connectivity index (χ3n) is 4.36. The molecule has 3 N–H and O–H groups in total. The van der Waals surface area contributed by atoms with Gasteiger partial charge in [-0.2, -0.15) is 0 Å². The van der Waals surface area contributed by atoms with Crippen LogP contribution in [0.3, 0.4) is 0 Å². The quantitative estimate of drug-likeness (QED) is 0.714. The number of amides is 1. The van der Waals surface area contributed by atoms with Crippen LogP contribution in [0.2, 0.25) is 0 Å². The maximum atomic E-state index is 12.0. The zero-order chi connectivity index (χ0) is 13.7. The number of carboxylic acids is 1. The van der Waals surface area contributed by atoms with Crippen molar-refractivity contribution in [1.82, 2.24) is 10.6 Å². The highest BCUT2D eigenvalue weighted by molar-refractivity contribution is 5.78. The van der Waals surface area contributed by atoms with Crippen molar-refractivity contribution >= 4 is 11.9 Å². The summed E-state index contributed by atoms with van der Waals surface area (Å²) in [4.78, 5) is 23.2. The lowest BCUT2D eigenvalue weighted by Gasteiger charge is -2.30. The molecule has 108 valence electrons. The molecule has 0 bridgehead atoms. The summed E-state index contributed by atoms with van der Waals surface area (Å²) in [5, 5.41) is 15.4. The Hall–Kier alpha value is -1.10. The molecule has 1 saturated heterocycles. The highest BCUT2D eigenvalue weighted by Crippen LogP contribution is 2.25. The number of aliphatic carboxylic acids is 1. The Kier molecular flexibility index (Phi) is 5.19. The first-order valence-electron chi connectivity index (χ1n) is 7.39. The Bertz CT molecular complexity index is 327. The van der Waals surface area contributed by atoms with E-state index in [1.165, 1.54) is 0 Å². The van der Waals surface area contributed by atoms with Crippen LogP contribution in [0.15, 0.2) is 0 Å². The van der Waals surface area contributed by atoms with Gasteiger partial charge in [0.05, 0.1) is 5.92 Å². The fourth-order valence-corrected chi connectivity index (χ4v) is 3.21. The summed E-state index contributed by atoms with van der Waals surface area (Å²) in [6.07, 6.45) is 6.09. The van der Waals surface area contributed by atoms with Crippen LogP contribution in [0.25, 0.3) is 0 Å². The highest BCUT2D eigenvalue weighted by Gasteiger charge is 2.32. The summed E-state index contributed by atoms with van der Waals surface area (Å²) in [7, 11) is 0. The second-order valence-electron chi connectivity index (χ2n) is 5.80. The molecule has 0 aromatic heterocycles. The van der Waals surface area contributed by atoms with Gasteiger partial charge in [0.15, 0.2) is 0 Å². The van der Waals surface area contributed by atoms with Gasteiger partial charge in [-0.25, -0.2) is 0 Å². The molecule has 2 rings (SSSR count). The Balaban J connectivity index is 1.80. The minimum atomic E-state index is -0.771. The van der Waals surface area contributed by atoms with Crippen molar-refractivity contribution in [2.45, 2.75) is 51.0 Å². The lowest BCUT2D eigenvalue weighted by atomic mass is 9.84. The normalized spacial score (nSPS) is 28.8. The molecule has 2 unspecified atom stereocenters. The second kappa shape index (κ2) is 6.89. The molecular weight excluding hydrogens is 244 g/mol. The number of hydrogen-bond acceptors (Lipinski definition) is 3. The van der Waals surface area contributed by atoms with Gasteiger partial charge in [-0.3, -0.25) is 9.59 Å². The first-order valence-corrected chi connectivity index (χ1v) is 7.39. The van der Waals surface area contributed by atoms with E-state index in [1.807, 2.05) is 0 Å². The van der Waals surface area contributed by atoms with Crippen molar-refractivity contribution in [3.8, 4) is 0 Å². The molecule has 1 heterocycles. The Morgan fingerprint density at radius 2 is 1.79 bits per heavy atom. The number of nitrogens with one attached hydrogen (secondary N) is 2. The maximum absolute atomic E-state index is 12.0. The first-order chi connectivity index (χ1) is 9.16. The van der Waals surface area contributed by atoms with Crippen LogP contribution in [-0.2, 0) is 9.59 Å². The number of carboxylic acid groups (broad SMARTS) is 1. The van der Waals surface area contributed by atoms with E-state index >= 15 is 0 Å². The summed E-state index contributed by atoms with van der Waals surface area (Å²) >= 11 is 0. The Morgan fingerprint density at radius 1 is 1.11 bits per heavy atom. The first kappa shape index (κ1) is 14.3. The predicted octanol–water partition coefficient (Wildman–Crippen LogP) is 1.14. The molecule has 5 heteroatoms. The highest BCUT2D eigenvalue weighted by atomic mass is 16.4. The van der Waals surface area contributed by atoms with Crippen LogP contribution in [0, 0.1) is 11.8 Å². The molecule has 1 amide bonds. The number of carbonyl (C=O) groups excluding carboxylic acids is 1. The van der Waals surface area contributed by atoms with Crippen molar-refractivity contribution in [2.75, 3.05) is 13.1 Å². The van der Waals surface area contributed by atoms with Crippen molar-refractivity contribution < 1.29 is 14.7 Å². The fourth-order valence-electron chi connectivity index (χ4n) is 3.21. The molecule has 0 aromatic rings. The topological polar surface area (TPSA) is 78.4 Å². The average molecular weight is 268 g/mol. The average Bonchev–Trinajstić information content (AvgIpc) is 2.40. The van der Waals surface area contributed by atoms with Crippen molar-refractivity contribution in [1.29, 1.82) is 0 Å². The van der Waals surface area contributed by atoms with Crippen LogP contribution in [0.5, 0.6) is 0 Å². The standard InChI is InChI=1S/C14H24N2O3/c17-13(9-10-5-7-15-8-6-10)16-12-4-2-1-3-11(12)14(18)19/h10-12,15H,1-9H2,(H,16,17)(H,18,19). The molecule has 1 aliphatic heterocycles. The van der Waals surface area contributed by atoms with Gasteiger partial charge >= 0.3 is 5.97 Å². The van der Waals surface area contributed by atoms with E-state index in [1.54, 1.807) is 0 Å². The van der Waals surface area contributed by atoms with E-state index in [2.05, 4.69) is 10.6 Å². The Labute approximate surface area is 114 Å². The minimum Gasteiger partial charge on any atom is -0.481 e. The van der Waals surface area contributed by atoms with E-state index in [-0.39, 0.29) is 11.9 Å². The van der Waals surface area contributed by atoms with Gasteiger partial charge < -0.3 is 15.7 Å². The van der Waals surface area contributed by atoms with Crippen LogP contribution in [-0.4, -0.2) is 36.1 Å². The molecule has 0 spiro atoms. The number of hydrogen-bond donors (Lipinski definition) is 3. The molecule has 0 aromatic carbocycles. The van der Waals surface area contributed by atoms with Crippen LogP contribution >= 0.6 is 0 Å². The van der Waals surface area contributed by atoms with Gasteiger partial charge in [0, 0.05) is 12.5 Å². The lowest BCUT2D eigenvalue weighted by molar-refractivity contribution is -0.144. The van der Waals surface area contributed by atoms with Crippen molar-refractivity contribution in [3.63, 3.8) is 0 Å². The van der Waals surface area contributed by atoms with E-state index in [0.717, 1.165) is 45.2 Å². The van der Waals surface area contributed by atoms with Gasteiger partial charge in [0.2, 0.25) is 5.91 Å². The molecule has 1 saturated carbocycles. The SMILES string of the molecule is O=C(CC1CCNCC1)NC1CCCCC1C(=O)O. The van der Waals surface area contributed by atoms with Gasteiger partial charge in [-0.15, -0.1) is 0 Å². The van der Waals surface area contributed by atoms with Gasteiger partial charge in [0.25, 0.3) is 0 Å². The molecule has 1 aliphatic carbocycles. The smallest absolute Gasteiger partial charge is 0.308 e. The molecule has 5 nitrogen and oxygen atoms in total. The lowest BCUT2D eigenvalue weighted by Crippen LogP contribution is -2.45. The van der Waals surface area contributed by atoms with Crippen LogP contribution < -0.4 is 10.6 Å². The van der Waals surface area contributed by atoms with Crippen molar-refractivity contribution in [3.05, 3.63) is 0 Å². The van der Waals surface area contributed by atoms with E-state index in [9.17, 15) is 14.7 Å². The minimum absolute atomic E-state index is 0.0325. The molecular formula is C14H24N2O3. The molecule has 0 radical (unpaired) electrons. The molecule has 2 aliphatic rings. The van der Waals surface area contributed by atoms with Crippen LogP contribution in [0.4, 0.5) is 0 Å². The third kappa shape index (κ3) is 4.20. The van der Waals surface area contributed by atoms with Gasteiger partial charge in [-0.1, -0.05) is 12.8 Å².